The van der Waals surface area contributed by atoms with E-state index in [1.54, 1.807) is 19.2 Å². The minimum Gasteiger partial charge on any atom is -0.489 e. The van der Waals surface area contributed by atoms with E-state index in [-0.39, 0.29) is 18.2 Å². The van der Waals surface area contributed by atoms with Gasteiger partial charge in [0.15, 0.2) is 0 Å². The van der Waals surface area contributed by atoms with Crippen molar-refractivity contribution in [2.45, 2.75) is 6.04 Å². The van der Waals surface area contributed by atoms with Gasteiger partial charge in [0, 0.05) is 38.0 Å². The number of hydrogen-bond acceptors (Lipinski definition) is 7. The lowest BCUT2D eigenvalue weighted by Crippen LogP contribution is -2.49. The molecule has 0 bridgehead atoms. The van der Waals surface area contributed by atoms with Gasteiger partial charge < -0.3 is 24.4 Å². The summed E-state index contributed by atoms with van der Waals surface area (Å²) in [6.07, 6.45) is 1.49. The van der Waals surface area contributed by atoms with Crippen molar-refractivity contribution >= 4 is 17.5 Å². The maximum absolute atomic E-state index is 13.2. The molecule has 0 radical (unpaired) electrons. The standard InChI is InChI=1S/C29H28N4O5/c1-32-26-18-21(6-5-13-33-14-16-36-17-15-33)9-10-27(26)37-20-25(29(32)35)31-28(34)24-19-23(11-12-30-24)38-22-7-3-2-4-8-22/h2-4,7-12,18-19,25H,13-17,20H2,1H3,(H,31,34). The molecule has 3 heterocycles. The molecule has 1 aromatic heterocycles. The van der Waals surface area contributed by atoms with E-state index in [9.17, 15) is 9.59 Å². The highest BCUT2D eigenvalue weighted by Gasteiger charge is 2.31. The molecule has 1 saturated heterocycles. The fourth-order valence-corrected chi connectivity index (χ4v) is 4.15. The van der Waals surface area contributed by atoms with Gasteiger partial charge in [-0.05, 0) is 36.4 Å². The first-order chi connectivity index (χ1) is 18.6. The molecule has 1 unspecified atom stereocenters. The molecule has 1 N–H and O–H groups in total. The summed E-state index contributed by atoms with van der Waals surface area (Å²) in [6.45, 7) is 3.85. The summed E-state index contributed by atoms with van der Waals surface area (Å²) >= 11 is 0. The lowest BCUT2D eigenvalue weighted by molar-refractivity contribution is -0.120. The summed E-state index contributed by atoms with van der Waals surface area (Å²) in [5.41, 5.74) is 1.51. The highest BCUT2D eigenvalue weighted by Crippen LogP contribution is 2.31. The molecule has 194 valence electrons. The average Bonchev–Trinajstić information content (AvgIpc) is 3.06. The molecule has 0 saturated carbocycles. The third-order valence-electron chi connectivity index (χ3n) is 6.24. The Hall–Kier alpha value is -4.39. The van der Waals surface area contributed by atoms with Gasteiger partial charge in [-0.2, -0.15) is 0 Å². The molecular weight excluding hydrogens is 484 g/mol. The first-order valence-corrected chi connectivity index (χ1v) is 12.4. The third kappa shape index (κ3) is 6.11. The van der Waals surface area contributed by atoms with Gasteiger partial charge in [0.25, 0.3) is 11.8 Å². The molecule has 2 amide bonds. The quantitative estimate of drug-likeness (QED) is 0.526. The molecule has 0 aliphatic carbocycles. The molecular formula is C29H28N4O5. The number of amides is 2. The molecule has 3 aromatic rings. The normalized spacial score (nSPS) is 17.3. The van der Waals surface area contributed by atoms with Gasteiger partial charge in [-0.25, -0.2) is 0 Å². The number of likely N-dealkylation sites (N-methyl/N-ethyl adjacent to an activating group) is 1. The molecule has 0 spiro atoms. The number of hydrogen-bond donors (Lipinski definition) is 1. The van der Waals surface area contributed by atoms with E-state index < -0.39 is 11.9 Å². The molecule has 2 aliphatic rings. The van der Waals surface area contributed by atoms with Crippen molar-refractivity contribution in [3.8, 4) is 29.1 Å². The first kappa shape index (κ1) is 25.3. The van der Waals surface area contributed by atoms with E-state index in [1.807, 2.05) is 42.5 Å². The summed E-state index contributed by atoms with van der Waals surface area (Å²) < 4.78 is 17.1. The summed E-state index contributed by atoms with van der Waals surface area (Å²) in [5, 5.41) is 2.75. The van der Waals surface area contributed by atoms with Gasteiger partial charge in [0.1, 0.15) is 35.6 Å². The number of ether oxygens (including phenoxy) is 3. The highest BCUT2D eigenvalue weighted by molar-refractivity contribution is 6.03. The van der Waals surface area contributed by atoms with Crippen LogP contribution in [0.15, 0.2) is 66.9 Å². The van der Waals surface area contributed by atoms with E-state index >= 15 is 0 Å². The largest absolute Gasteiger partial charge is 0.489 e. The summed E-state index contributed by atoms with van der Waals surface area (Å²) in [5.74, 6) is 7.22. The number of carbonyl (C=O) groups is 2. The number of rotatable bonds is 5. The Morgan fingerprint density at radius 3 is 2.74 bits per heavy atom. The van der Waals surface area contributed by atoms with E-state index in [0.29, 0.717) is 29.5 Å². The lowest BCUT2D eigenvalue weighted by Gasteiger charge is -2.24. The summed E-state index contributed by atoms with van der Waals surface area (Å²) in [6, 6.07) is 17.0. The van der Waals surface area contributed by atoms with Crippen LogP contribution in [-0.4, -0.2) is 74.2 Å². The lowest BCUT2D eigenvalue weighted by atomic mass is 10.1. The van der Waals surface area contributed by atoms with Crippen molar-refractivity contribution in [2.75, 3.05) is 51.4 Å². The number of benzene rings is 2. The van der Waals surface area contributed by atoms with Crippen LogP contribution in [0.5, 0.6) is 17.2 Å². The molecule has 38 heavy (non-hydrogen) atoms. The fraction of sp³-hybridized carbons (Fsp3) is 0.276. The van der Waals surface area contributed by atoms with Gasteiger partial charge in [-0.1, -0.05) is 30.0 Å². The van der Waals surface area contributed by atoms with Crippen LogP contribution in [0.4, 0.5) is 5.69 Å². The van der Waals surface area contributed by atoms with Crippen molar-refractivity contribution in [2.24, 2.45) is 0 Å². The van der Waals surface area contributed by atoms with Crippen LogP contribution in [0, 0.1) is 11.8 Å². The molecule has 1 fully saturated rings. The van der Waals surface area contributed by atoms with Crippen molar-refractivity contribution < 1.29 is 23.8 Å². The zero-order valence-corrected chi connectivity index (χ0v) is 21.1. The number of carbonyl (C=O) groups excluding carboxylic acids is 2. The van der Waals surface area contributed by atoms with Crippen molar-refractivity contribution in [1.29, 1.82) is 0 Å². The Morgan fingerprint density at radius 2 is 1.92 bits per heavy atom. The summed E-state index contributed by atoms with van der Waals surface area (Å²) in [4.78, 5) is 34.1. The highest BCUT2D eigenvalue weighted by atomic mass is 16.5. The maximum atomic E-state index is 13.2. The van der Waals surface area contributed by atoms with Gasteiger partial charge in [0.2, 0.25) is 0 Å². The van der Waals surface area contributed by atoms with E-state index in [0.717, 1.165) is 31.9 Å². The molecule has 9 nitrogen and oxygen atoms in total. The Kier molecular flexibility index (Phi) is 7.83. The number of anilines is 1. The molecule has 2 aliphatic heterocycles. The van der Waals surface area contributed by atoms with Crippen LogP contribution in [0.25, 0.3) is 0 Å². The minimum absolute atomic E-state index is 0.00975. The van der Waals surface area contributed by atoms with Gasteiger partial charge in [0.05, 0.1) is 25.4 Å². The number of morpholine rings is 1. The SMILES string of the molecule is CN1C(=O)C(NC(=O)c2cc(Oc3ccccc3)ccn2)COc2ccc(C#CCN3CCOCC3)cc21. The molecule has 2 aromatic carbocycles. The van der Waals surface area contributed by atoms with Crippen molar-refractivity contribution in [3.63, 3.8) is 0 Å². The third-order valence-corrected chi connectivity index (χ3v) is 6.24. The van der Waals surface area contributed by atoms with Crippen LogP contribution in [0.2, 0.25) is 0 Å². The number of nitrogens with zero attached hydrogens (tertiary/aromatic N) is 3. The second-order valence-corrected chi connectivity index (χ2v) is 8.90. The van der Waals surface area contributed by atoms with Crippen LogP contribution < -0.4 is 19.7 Å². The van der Waals surface area contributed by atoms with Crippen LogP contribution in [0.1, 0.15) is 16.1 Å². The molecule has 9 heteroatoms. The minimum atomic E-state index is -0.892. The number of aromatic nitrogens is 1. The van der Waals surface area contributed by atoms with Gasteiger partial charge >= 0.3 is 0 Å². The monoisotopic (exact) mass is 512 g/mol. The van der Waals surface area contributed by atoms with Crippen molar-refractivity contribution in [3.05, 3.63) is 78.1 Å². The van der Waals surface area contributed by atoms with Crippen LogP contribution in [-0.2, 0) is 9.53 Å². The fourth-order valence-electron chi connectivity index (χ4n) is 4.15. The van der Waals surface area contributed by atoms with E-state index in [2.05, 4.69) is 27.0 Å². The smallest absolute Gasteiger partial charge is 0.270 e. The average molecular weight is 513 g/mol. The van der Waals surface area contributed by atoms with Gasteiger partial charge in [-0.15, -0.1) is 0 Å². The number of pyridine rings is 1. The van der Waals surface area contributed by atoms with Gasteiger partial charge in [-0.3, -0.25) is 19.5 Å². The Labute approximate surface area is 221 Å². The van der Waals surface area contributed by atoms with E-state index in [4.69, 9.17) is 14.2 Å². The Bertz CT molecular complexity index is 1360. The topological polar surface area (TPSA) is 93.2 Å². The predicted molar refractivity (Wildman–Crippen MR) is 141 cm³/mol. The van der Waals surface area contributed by atoms with Crippen LogP contribution >= 0.6 is 0 Å². The number of nitrogens with one attached hydrogen (secondary N) is 1. The zero-order valence-electron chi connectivity index (χ0n) is 21.1. The second kappa shape index (κ2) is 11.8. The second-order valence-electron chi connectivity index (χ2n) is 8.90. The van der Waals surface area contributed by atoms with Crippen LogP contribution in [0.3, 0.4) is 0 Å². The Morgan fingerprint density at radius 1 is 1.11 bits per heavy atom. The number of fused-ring (bicyclic) bond motifs is 1. The summed E-state index contributed by atoms with van der Waals surface area (Å²) in [7, 11) is 1.66. The molecule has 5 rings (SSSR count). The first-order valence-electron chi connectivity index (χ1n) is 12.4. The van der Waals surface area contributed by atoms with E-state index in [1.165, 1.54) is 17.2 Å². The number of para-hydroxylation sites is 1. The van der Waals surface area contributed by atoms with Crippen molar-refractivity contribution in [1.82, 2.24) is 15.2 Å². The predicted octanol–water partition coefficient (Wildman–Crippen LogP) is 2.71. The maximum Gasteiger partial charge on any atom is 0.270 e. The Balaban J connectivity index is 1.24. The molecule has 1 atom stereocenters. The zero-order chi connectivity index (χ0) is 26.3.